The summed E-state index contributed by atoms with van der Waals surface area (Å²) in [6.07, 6.45) is 0. The van der Waals surface area contributed by atoms with E-state index in [2.05, 4.69) is 48.2 Å². The summed E-state index contributed by atoms with van der Waals surface area (Å²) in [7, 11) is 0. The molecule has 0 N–H and O–H groups in total. The maximum Gasteiger partial charge on any atom is 0.235 e. The smallest absolute Gasteiger partial charge is 0.235 e. The third-order valence-electron chi connectivity index (χ3n) is 4.65. The average molecular weight is 355 g/mol. The van der Waals surface area contributed by atoms with Gasteiger partial charge in [-0.05, 0) is 37.1 Å². The summed E-state index contributed by atoms with van der Waals surface area (Å²) in [6.45, 7) is 7.58. The van der Waals surface area contributed by atoms with Gasteiger partial charge in [0.25, 0.3) is 0 Å². The molecule has 3 nitrogen and oxygen atoms in total. The van der Waals surface area contributed by atoms with E-state index in [4.69, 9.17) is 0 Å². The van der Waals surface area contributed by atoms with Crippen molar-refractivity contribution < 1.29 is 4.79 Å². The number of hydrogen-bond acceptors (Lipinski definition) is 3. The highest BCUT2D eigenvalue weighted by Crippen LogP contribution is 2.22. The van der Waals surface area contributed by atoms with Crippen LogP contribution in [0.3, 0.4) is 0 Å². The molecule has 2 aromatic rings. The van der Waals surface area contributed by atoms with E-state index < -0.39 is 0 Å². The molecule has 1 heterocycles. The number of benzene rings is 2. The van der Waals surface area contributed by atoms with Crippen LogP contribution in [0.5, 0.6) is 0 Å². The first-order valence-electron chi connectivity index (χ1n) is 8.89. The van der Waals surface area contributed by atoms with Gasteiger partial charge in [0.2, 0.25) is 5.91 Å². The molecule has 0 spiro atoms. The van der Waals surface area contributed by atoms with Gasteiger partial charge in [-0.15, -0.1) is 11.8 Å². The van der Waals surface area contributed by atoms with Gasteiger partial charge in [-0.3, -0.25) is 4.79 Å². The van der Waals surface area contributed by atoms with Crippen LogP contribution < -0.4 is 4.90 Å². The first-order chi connectivity index (χ1) is 12.1. The van der Waals surface area contributed by atoms with Crippen molar-refractivity contribution in [3.8, 4) is 0 Å². The predicted molar refractivity (Wildman–Crippen MR) is 107 cm³/mol. The van der Waals surface area contributed by atoms with Crippen molar-refractivity contribution in [1.29, 1.82) is 0 Å². The summed E-state index contributed by atoms with van der Waals surface area (Å²) in [6, 6.07) is 18.9. The first-order valence-corrected chi connectivity index (χ1v) is 9.94. The maximum atomic E-state index is 12.7. The zero-order valence-corrected chi connectivity index (χ0v) is 15.8. The Morgan fingerprint density at radius 2 is 1.76 bits per heavy atom. The van der Waals surface area contributed by atoms with E-state index in [1.54, 1.807) is 11.8 Å². The molecule has 132 valence electrons. The lowest BCUT2D eigenvalue weighted by Crippen LogP contribution is -2.50. The van der Waals surface area contributed by atoms with Gasteiger partial charge in [0.15, 0.2) is 0 Å². The van der Waals surface area contributed by atoms with E-state index in [1.807, 2.05) is 30.0 Å². The highest BCUT2D eigenvalue weighted by Gasteiger charge is 2.25. The summed E-state index contributed by atoms with van der Waals surface area (Å²) in [5.74, 6) is 1.15. The Hall–Kier alpha value is -1.94. The minimum absolute atomic E-state index is 0.00530. The molecule has 1 atom stereocenters. The number of anilines is 1. The van der Waals surface area contributed by atoms with Crippen LogP contribution in [-0.4, -0.2) is 42.2 Å². The van der Waals surface area contributed by atoms with E-state index >= 15 is 0 Å². The number of rotatable bonds is 5. The number of amides is 1. The number of carbonyl (C=O) groups excluding carboxylic acids is 1. The minimum atomic E-state index is 0.00530. The molecule has 0 radical (unpaired) electrons. The molecule has 1 fully saturated rings. The Balaban J connectivity index is 1.49. The van der Waals surface area contributed by atoms with Gasteiger partial charge in [0.05, 0.1) is 5.25 Å². The number of thioether (sulfide) groups is 1. The summed E-state index contributed by atoms with van der Waals surface area (Å²) in [4.78, 5) is 17.1. The van der Waals surface area contributed by atoms with Crippen LogP contribution in [0.1, 0.15) is 18.1 Å². The molecule has 0 aromatic heterocycles. The van der Waals surface area contributed by atoms with Crippen molar-refractivity contribution in [2.24, 2.45) is 0 Å². The van der Waals surface area contributed by atoms with E-state index in [-0.39, 0.29) is 11.2 Å². The van der Waals surface area contributed by atoms with Gasteiger partial charge in [-0.25, -0.2) is 0 Å². The molecule has 0 aliphatic carbocycles. The van der Waals surface area contributed by atoms with Gasteiger partial charge in [0, 0.05) is 37.6 Å². The Labute approximate surface area is 155 Å². The average Bonchev–Trinajstić information content (AvgIpc) is 2.66. The topological polar surface area (TPSA) is 23.6 Å². The molecule has 25 heavy (non-hydrogen) atoms. The van der Waals surface area contributed by atoms with Crippen molar-refractivity contribution in [2.75, 3.05) is 31.1 Å². The summed E-state index contributed by atoms with van der Waals surface area (Å²) < 4.78 is 0. The molecule has 3 rings (SSSR count). The zero-order chi connectivity index (χ0) is 17.6. The quantitative estimate of drug-likeness (QED) is 0.812. The molecule has 1 amide bonds. The highest BCUT2D eigenvalue weighted by atomic mass is 32.2. The Morgan fingerprint density at radius 1 is 1.04 bits per heavy atom. The molecule has 0 saturated carbocycles. The molecule has 0 bridgehead atoms. The van der Waals surface area contributed by atoms with Crippen LogP contribution in [0.4, 0.5) is 5.69 Å². The summed E-state index contributed by atoms with van der Waals surface area (Å²) in [5.41, 5.74) is 3.82. The Morgan fingerprint density at radius 3 is 2.44 bits per heavy atom. The van der Waals surface area contributed by atoms with Crippen LogP contribution in [-0.2, 0) is 10.5 Å². The lowest BCUT2D eigenvalue weighted by molar-refractivity contribution is -0.130. The van der Waals surface area contributed by atoms with E-state index in [1.165, 1.54) is 16.8 Å². The van der Waals surface area contributed by atoms with Crippen LogP contribution in [0, 0.1) is 6.92 Å². The molecular weight excluding hydrogens is 328 g/mol. The fourth-order valence-corrected chi connectivity index (χ4v) is 4.06. The van der Waals surface area contributed by atoms with Gasteiger partial charge in [-0.1, -0.05) is 42.5 Å². The molecule has 1 aliphatic heterocycles. The molecular formula is C21H26N2OS. The van der Waals surface area contributed by atoms with Crippen molar-refractivity contribution in [2.45, 2.75) is 24.9 Å². The van der Waals surface area contributed by atoms with Gasteiger partial charge in [-0.2, -0.15) is 0 Å². The molecule has 1 saturated heterocycles. The van der Waals surface area contributed by atoms with Crippen LogP contribution >= 0.6 is 11.8 Å². The molecule has 1 aliphatic rings. The largest absolute Gasteiger partial charge is 0.368 e. The second-order valence-corrected chi connectivity index (χ2v) is 7.92. The highest BCUT2D eigenvalue weighted by molar-refractivity contribution is 7.99. The SMILES string of the molecule is Cc1cccc(N2CCN(C(=O)C(C)SCc3ccccc3)CC2)c1. The van der Waals surface area contributed by atoms with Gasteiger partial charge in [0.1, 0.15) is 0 Å². The lowest BCUT2D eigenvalue weighted by atomic mass is 10.2. The minimum Gasteiger partial charge on any atom is -0.368 e. The number of carbonyl (C=O) groups is 1. The standard InChI is InChI=1S/C21H26N2OS/c1-17-7-6-10-20(15-17)22-11-13-23(14-12-22)21(24)18(2)25-16-19-8-4-3-5-9-19/h3-10,15,18H,11-14,16H2,1-2H3. The first kappa shape index (κ1) is 17.9. The second-order valence-electron chi connectivity index (χ2n) is 6.59. The fraction of sp³-hybridized carbons (Fsp3) is 0.381. The summed E-state index contributed by atoms with van der Waals surface area (Å²) in [5, 5.41) is 0.00530. The molecule has 1 unspecified atom stereocenters. The predicted octanol–water partition coefficient (Wildman–Crippen LogP) is 3.97. The Kier molecular flexibility index (Phi) is 6.03. The third kappa shape index (κ3) is 4.79. The van der Waals surface area contributed by atoms with Crippen LogP contribution in [0.2, 0.25) is 0 Å². The van der Waals surface area contributed by atoms with Crippen molar-refractivity contribution in [3.05, 3.63) is 65.7 Å². The van der Waals surface area contributed by atoms with E-state index in [0.717, 1.165) is 31.9 Å². The third-order valence-corrected chi connectivity index (χ3v) is 5.85. The Bertz CT molecular complexity index is 696. The van der Waals surface area contributed by atoms with E-state index in [9.17, 15) is 4.79 Å². The van der Waals surface area contributed by atoms with Gasteiger partial charge >= 0.3 is 0 Å². The number of hydrogen-bond donors (Lipinski definition) is 0. The fourth-order valence-electron chi connectivity index (χ4n) is 3.13. The molecule has 4 heteroatoms. The van der Waals surface area contributed by atoms with Crippen LogP contribution in [0.15, 0.2) is 54.6 Å². The van der Waals surface area contributed by atoms with Crippen LogP contribution in [0.25, 0.3) is 0 Å². The van der Waals surface area contributed by atoms with E-state index in [0.29, 0.717) is 0 Å². The number of piperazine rings is 1. The van der Waals surface area contributed by atoms with Crippen molar-refractivity contribution in [1.82, 2.24) is 4.90 Å². The zero-order valence-electron chi connectivity index (χ0n) is 15.0. The normalized spacial score (nSPS) is 15.9. The summed E-state index contributed by atoms with van der Waals surface area (Å²) >= 11 is 1.73. The number of nitrogens with zero attached hydrogens (tertiary/aromatic N) is 2. The second kappa shape index (κ2) is 8.43. The molecule has 2 aromatic carbocycles. The lowest BCUT2D eigenvalue weighted by Gasteiger charge is -2.37. The monoisotopic (exact) mass is 354 g/mol. The van der Waals surface area contributed by atoms with Gasteiger partial charge < -0.3 is 9.80 Å². The van der Waals surface area contributed by atoms with Crippen molar-refractivity contribution >= 4 is 23.4 Å². The maximum absolute atomic E-state index is 12.7. The van der Waals surface area contributed by atoms with Crippen molar-refractivity contribution in [3.63, 3.8) is 0 Å². The number of aryl methyl sites for hydroxylation is 1.